The molecule has 1 atom stereocenters. The Kier molecular flexibility index (Phi) is 4.82. The number of sulfonamides is 1. The quantitative estimate of drug-likeness (QED) is 0.909. The van der Waals surface area contributed by atoms with E-state index in [1.807, 2.05) is 0 Å². The normalized spacial score (nSPS) is 19.0. The summed E-state index contributed by atoms with van der Waals surface area (Å²) in [6.45, 7) is 3.40. The number of primary sulfonamides is 1. The van der Waals surface area contributed by atoms with Crippen LogP contribution in [0.3, 0.4) is 0 Å². The second kappa shape index (κ2) is 6.12. The third-order valence-corrected chi connectivity index (χ3v) is 5.55. The van der Waals surface area contributed by atoms with Crippen molar-refractivity contribution in [3.63, 3.8) is 0 Å². The summed E-state index contributed by atoms with van der Waals surface area (Å²) >= 11 is 11.8. The van der Waals surface area contributed by atoms with Crippen LogP contribution in [0.1, 0.15) is 30.1 Å². The predicted molar refractivity (Wildman–Crippen MR) is 82.1 cm³/mol. The predicted octanol–water partition coefficient (Wildman–Crippen LogP) is 2.51. The molecular formula is C13H16Cl2N2O3S. The summed E-state index contributed by atoms with van der Waals surface area (Å²) in [6, 6.07) is 2.56. The molecule has 2 N–H and O–H groups in total. The van der Waals surface area contributed by atoms with Crippen molar-refractivity contribution in [2.45, 2.75) is 24.7 Å². The molecule has 21 heavy (non-hydrogen) atoms. The van der Waals surface area contributed by atoms with Crippen LogP contribution in [0.25, 0.3) is 0 Å². The summed E-state index contributed by atoms with van der Waals surface area (Å²) < 4.78 is 23.0. The van der Waals surface area contributed by atoms with Gasteiger partial charge in [-0.15, -0.1) is 0 Å². The van der Waals surface area contributed by atoms with Crippen LogP contribution in [0.15, 0.2) is 17.0 Å². The average Bonchev–Trinajstić information content (AvgIpc) is 2.88. The third kappa shape index (κ3) is 3.51. The first-order valence-corrected chi connectivity index (χ1v) is 8.85. The van der Waals surface area contributed by atoms with E-state index in [-0.39, 0.29) is 26.4 Å². The number of benzene rings is 1. The molecule has 1 heterocycles. The van der Waals surface area contributed by atoms with Crippen LogP contribution in [0.5, 0.6) is 0 Å². The Morgan fingerprint density at radius 1 is 1.43 bits per heavy atom. The monoisotopic (exact) mass is 350 g/mol. The number of halogens is 2. The van der Waals surface area contributed by atoms with Gasteiger partial charge in [-0.1, -0.05) is 36.5 Å². The van der Waals surface area contributed by atoms with E-state index < -0.39 is 10.0 Å². The molecule has 1 saturated heterocycles. The van der Waals surface area contributed by atoms with Crippen molar-refractivity contribution in [2.75, 3.05) is 13.1 Å². The van der Waals surface area contributed by atoms with E-state index in [1.165, 1.54) is 12.1 Å². The summed E-state index contributed by atoms with van der Waals surface area (Å²) in [5.41, 5.74) is 0.185. The van der Waals surface area contributed by atoms with Gasteiger partial charge in [0.05, 0.1) is 10.0 Å². The lowest BCUT2D eigenvalue weighted by Gasteiger charge is -2.17. The molecule has 0 spiro atoms. The van der Waals surface area contributed by atoms with Crippen LogP contribution >= 0.6 is 23.2 Å². The first-order chi connectivity index (χ1) is 9.74. The molecular weight excluding hydrogens is 335 g/mol. The van der Waals surface area contributed by atoms with E-state index in [0.29, 0.717) is 19.0 Å². The Labute approximate surface area is 134 Å². The summed E-state index contributed by atoms with van der Waals surface area (Å²) in [4.78, 5) is 13.8. The Balaban J connectivity index is 2.37. The van der Waals surface area contributed by atoms with Gasteiger partial charge in [-0.25, -0.2) is 13.6 Å². The number of likely N-dealkylation sites (tertiary alicyclic amines) is 1. The van der Waals surface area contributed by atoms with Crippen LogP contribution in [0.4, 0.5) is 0 Å². The van der Waals surface area contributed by atoms with Gasteiger partial charge in [0.2, 0.25) is 10.0 Å². The largest absolute Gasteiger partial charge is 0.338 e. The Morgan fingerprint density at radius 2 is 2.10 bits per heavy atom. The zero-order valence-corrected chi connectivity index (χ0v) is 13.8. The lowest BCUT2D eigenvalue weighted by Crippen LogP contribution is -2.29. The maximum absolute atomic E-state index is 12.4. The van der Waals surface area contributed by atoms with Gasteiger partial charge in [-0.3, -0.25) is 4.79 Å². The maximum Gasteiger partial charge on any atom is 0.253 e. The van der Waals surface area contributed by atoms with E-state index in [2.05, 4.69) is 6.92 Å². The molecule has 0 saturated carbocycles. The first-order valence-electron chi connectivity index (χ1n) is 6.55. The fraction of sp³-hybridized carbons (Fsp3) is 0.462. The zero-order valence-electron chi connectivity index (χ0n) is 11.5. The topological polar surface area (TPSA) is 80.5 Å². The van der Waals surface area contributed by atoms with Gasteiger partial charge in [-0.05, 0) is 24.5 Å². The summed E-state index contributed by atoms with van der Waals surface area (Å²) in [6.07, 6.45) is 1.96. The highest BCUT2D eigenvalue weighted by Gasteiger charge is 2.27. The van der Waals surface area contributed by atoms with Crippen molar-refractivity contribution in [3.8, 4) is 0 Å². The van der Waals surface area contributed by atoms with Gasteiger partial charge >= 0.3 is 0 Å². The molecule has 5 nitrogen and oxygen atoms in total. The van der Waals surface area contributed by atoms with E-state index in [9.17, 15) is 13.2 Å². The van der Waals surface area contributed by atoms with Crippen molar-refractivity contribution in [1.82, 2.24) is 4.90 Å². The van der Waals surface area contributed by atoms with Gasteiger partial charge in [-0.2, -0.15) is 0 Å². The second-order valence-electron chi connectivity index (χ2n) is 5.13. The number of nitrogens with zero attached hydrogens (tertiary/aromatic N) is 1. The standard InChI is InChI=1S/C13H16Cl2N2O3S/c1-2-8-3-4-17(7-8)13(18)9-5-10(14)12(15)11(6-9)21(16,19)20/h5-6,8H,2-4,7H2,1H3,(H2,16,19,20). The van der Waals surface area contributed by atoms with Gasteiger partial charge in [0.25, 0.3) is 5.91 Å². The highest BCUT2D eigenvalue weighted by molar-refractivity contribution is 7.89. The molecule has 0 radical (unpaired) electrons. The smallest absolute Gasteiger partial charge is 0.253 e. The molecule has 1 unspecified atom stereocenters. The zero-order chi connectivity index (χ0) is 15.8. The molecule has 1 amide bonds. The maximum atomic E-state index is 12.4. The first kappa shape index (κ1) is 16.5. The van der Waals surface area contributed by atoms with E-state index in [1.54, 1.807) is 4.90 Å². The average molecular weight is 351 g/mol. The minimum absolute atomic E-state index is 0.00206. The van der Waals surface area contributed by atoms with Crippen LogP contribution in [0.2, 0.25) is 10.0 Å². The van der Waals surface area contributed by atoms with E-state index >= 15 is 0 Å². The van der Waals surface area contributed by atoms with Crippen molar-refractivity contribution in [2.24, 2.45) is 11.1 Å². The summed E-state index contributed by atoms with van der Waals surface area (Å²) in [7, 11) is -4.04. The number of carbonyl (C=O) groups excluding carboxylic acids is 1. The lowest BCUT2D eigenvalue weighted by molar-refractivity contribution is 0.0786. The van der Waals surface area contributed by atoms with Crippen molar-refractivity contribution in [3.05, 3.63) is 27.7 Å². The molecule has 1 aromatic carbocycles. The van der Waals surface area contributed by atoms with Crippen LogP contribution in [-0.2, 0) is 10.0 Å². The van der Waals surface area contributed by atoms with E-state index in [0.717, 1.165) is 12.8 Å². The number of hydrogen-bond donors (Lipinski definition) is 1. The number of carbonyl (C=O) groups is 1. The molecule has 0 aromatic heterocycles. The van der Waals surface area contributed by atoms with E-state index in [4.69, 9.17) is 28.3 Å². The van der Waals surface area contributed by atoms with Crippen LogP contribution in [0, 0.1) is 5.92 Å². The van der Waals surface area contributed by atoms with Crippen molar-refractivity contribution >= 4 is 39.1 Å². The third-order valence-electron chi connectivity index (χ3n) is 3.70. The van der Waals surface area contributed by atoms with Gasteiger partial charge in [0.15, 0.2) is 0 Å². The highest BCUT2D eigenvalue weighted by Crippen LogP contribution is 2.31. The van der Waals surface area contributed by atoms with Gasteiger partial charge < -0.3 is 4.90 Å². The number of amides is 1. The molecule has 1 aliphatic rings. The summed E-state index contributed by atoms with van der Waals surface area (Å²) in [5, 5.41) is 4.93. The second-order valence-corrected chi connectivity index (χ2v) is 7.44. The summed E-state index contributed by atoms with van der Waals surface area (Å²) in [5.74, 6) is 0.226. The van der Waals surface area contributed by atoms with Crippen LogP contribution in [-0.4, -0.2) is 32.3 Å². The minimum Gasteiger partial charge on any atom is -0.338 e. The molecule has 8 heteroatoms. The molecule has 0 aliphatic carbocycles. The fourth-order valence-electron chi connectivity index (χ4n) is 2.43. The van der Waals surface area contributed by atoms with Crippen molar-refractivity contribution < 1.29 is 13.2 Å². The fourth-order valence-corrected chi connectivity index (χ4v) is 3.79. The molecule has 116 valence electrons. The number of nitrogens with two attached hydrogens (primary N) is 1. The Morgan fingerprint density at radius 3 is 2.62 bits per heavy atom. The molecule has 0 bridgehead atoms. The SMILES string of the molecule is CCC1CCN(C(=O)c2cc(Cl)c(Cl)c(S(N)(=O)=O)c2)C1. The minimum atomic E-state index is -4.04. The molecule has 1 fully saturated rings. The number of hydrogen-bond acceptors (Lipinski definition) is 3. The lowest BCUT2D eigenvalue weighted by atomic mass is 10.1. The Hall–Kier alpha value is -0.820. The van der Waals surface area contributed by atoms with Gasteiger partial charge in [0.1, 0.15) is 4.90 Å². The molecule has 1 aromatic rings. The number of rotatable bonds is 3. The highest BCUT2D eigenvalue weighted by atomic mass is 35.5. The molecule has 2 rings (SSSR count). The van der Waals surface area contributed by atoms with Gasteiger partial charge in [0, 0.05) is 18.7 Å². The van der Waals surface area contributed by atoms with Crippen LogP contribution < -0.4 is 5.14 Å². The van der Waals surface area contributed by atoms with Crippen molar-refractivity contribution in [1.29, 1.82) is 0 Å². The molecule has 1 aliphatic heterocycles. The Bertz CT molecular complexity index is 676.